The fourth-order valence-electron chi connectivity index (χ4n) is 0.877. The summed E-state index contributed by atoms with van der Waals surface area (Å²) < 4.78 is 18.7. The Hall–Kier alpha value is -0.280. The van der Waals surface area contributed by atoms with Crippen LogP contribution in [0.2, 0.25) is 5.02 Å². The topological polar surface area (TPSA) is 9.23 Å². The molecule has 0 saturated heterocycles. The minimum atomic E-state index is -0.381. The van der Waals surface area contributed by atoms with Crippen LogP contribution in [0.5, 0.6) is 5.75 Å². The minimum absolute atomic E-state index is 0.0132. The number of hydrogen-bond acceptors (Lipinski definition) is 1. The minimum Gasteiger partial charge on any atom is -0.488 e. The molecule has 0 spiro atoms. The van der Waals surface area contributed by atoms with Gasteiger partial charge < -0.3 is 4.74 Å². The van der Waals surface area contributed by atoms with E-state index in [4.69, 9.17) is 16.3 Å². The smallest absolute Gasteiger partial charge is 0.152 e. The normalized spacial score (nSPS) is 10.6. The van der Waals surface area contributed by atoms with Gasteiger partial charge in [-0.15, -0.1) is 0 Å². The lowest BCUT2D eigenvalue weighted by molar-refractivity contribution is 0.240. The van der Waals surface area contributed by atoms with Crippen LogP contribution in [0.1, 0.15) is 13.8 Å². The van der Waals surface area contributed by atoms with Crippen LogP contribution >= 0.6 is 27.5 Å². The predicted molar refractivity (Wildman–Crippen MR) is 54.9 cm³/mol. The van der Waals surface area contributed by atoms with Gasteiger partial charge in [-0.25, -0.2) is 4.39 Å². The molecule has 0 bridgehead atoms. The molecule has 0 atom stereocenters. The second kappa shape index (κ2) is 4.29. The molecule has 4 heteroatoms. The molecule has 0 aliphatic heterocycles. The second-order valence-electron chi connectivity index (χ2n) is 2.87. The molecule has 1 aromatic rings. The van der Waals surface area contributed by atoms with E-state index in [0.717, 1.165) is 0 Å². The van der Waals surface area contributed by atoms with Crippen LogP contribution in [0, 0.1) is 5.82 Å². The second-order valence-corrected chi connectivity index (χ2v) is 4.13. The molecule has 0 aliphatic rings. The predicted octanol–water partition coefficient (Wildman–Crippen LogP) is 4.03. The van der Waals surface area contributed by atoms with Crippen LogP contribution in [0.4, 0.5) is 4.39 Å². The highest BCUT2D eigenvalue weighted by atomic mass is 79.9. The van der Waals surface area contributed by atoms with E-state index in [2.05, 4.69) is 15.9 Å². The number of benzene rings is 1. The van der Waals surface area contributed by atoms with Crippen LogP contribution in [0.25, 0.3) is 0 Å². The van der Waals surface area contributed by atoms with E-state index in [1.165, 1.54) is 12.1 Å². The summed E-state index contributed by atoms with van der Waals surface area (Å²) in [6.45, 7) is 3.76. The number of rotatable bonds is 2. The maximum Gasteiger partial charge on any atom is 0.152 e. The van der Waals surface area contributed by atoms with Gasteiger partial charge in [0, 0.05) is 0 Å². The highest BCUT2D eigenvalue weighted by Gasteiger charge is 2.10. The van der Waals surface area contributed by atoms with Crippen molar-refractivity contribution in [2.24, 2.45) is 0 Å². The molecular formula is C9H9BrClFO. The van der Waals surface area contributed by atoms with Gasteiger partial charge >= 0.3 is 0 Å². The molecule has 0 N–H and O–H groups in total. The van der Waals surface area contributed by atoms with Gasteiger partial charge in [-0.2, -0.15) is 0 Å². The van der Waals surface area contributed by atoms with E-state index in [1.54, 1.807) is 0 Å². The summed E-state index contributed by atoms with van der Waals surface area (Å²) >= 11 is 8.96. The molecule has 72 valence electrons. The highest BCUT2D eigenvalue weighted by molar-refractivity contribution is 9.10. The van der Waals surface area contributed by atoms with Crippen molar-refractivity contribution in [3.8, 4) is 5.75 Å². The Morgan fingerprint density at radius 1 is 1.46 bits per heavy atom. The monoisotopic (exact) mass is 266 g/mol. The van der Waals surface area contributed by atoms with Crippen molar-refractivity contribution >= 4 is 27.5 Å². The fraction of sp³-hybridized carbons (Fsp3) is 0.333. The molecule has 0 fully saturated rings. The summed E-state index contributed by atoms with van der Waals surface area (Å²) in [6, 6.07) is 2.55. The quantitative estimate of drug-likeness (QED) is 0.786. The highest BCUT2D eigenvalue weighted by Crippen LogP contribution is 2.34. The zero-order valence-corrected chi connectivity index (χ0v) is 9.62. The first-order valence-electron chi connectivity index (χ1n) is 3.82. The van der Waals surface area contributed by atoms with Crippen molar-refractivity contribution in [3.63, 3.8) is 0 Å². The summed E-state index contributed by atoms with van der Waals surface area (Å²) in [5.74, 6) is 0.103. The van der Waals surface area contributed by atoms with Crippen LogP contribution in [-0.4, -0.2) is 6.10 Å². The van der Waals surface area contributed by atoms with Crippen molar-refractivity contribution in [1.29, 1.82) is 0 Å². The standard InChI is InChI=1S/C9H9BrClFO/c1-5(2)13-9-7(10)3-6(12)4-8(9)11/h3-5H,1-2H3. The van der Waals surface area contributed by atoms with Crippen molar-refractivity contribution < 1.29 is 9.13 Å². The molecule has 1 aromatic carbocycles. The first-order valence-corrected chi connectivity index (χ1v) is 4.99. The van der Waals surface area contributed by atoms with Crippen molar-refractivity contribution in [3.05, 3.63) is 27.4 Å². The molecule has 13 heavy (non-hydrogen) atoms. The summed E-state index contributed by atoms with van der Waals surface area (Å²) in [5.41, 5.74) is 0. The van der Waals surface area contributed by atoms with Gasteiger partial charge in [0.1, 0.15) is 5.82 Å². The number of hydrogen-bond donors (Lipinski definition) is 0. The Bertz CT molecular complexity index is 291. The van der Waals surface area contributed by atoms with Gasteiger partial charge in [0.2, 0.25) is 0 Å². The molecule has 0 amide bonds. The molecule has 0 unspecified atom stereocenters. The zero-order chi connectivity index (χ0) is 10.0. The maximum absolute atomic E-state index is 12.8. The average molecular weight is 268 g/mol. The third kappa shape index (κ3) is 2.85. The molecule has 0 heterocycles. The van der Waals surface area contributed by atoms with Crippen molar-refractivity contribution in [2.45, 2.75) is 20.0 Å². The van der Waals surface area contributed by atoms with Crippen LogP contribution < -0.4 is 4.74 Å². The first-order chi connectivity index (χ1) is 6.00. The van der Waals surface area contributed by atoms with Gasteiger partial charge in [-0.05, 0) is 41.9 Å². The number of ether oxygens (including phenoxy) is 1. The lowest BCUT2D eigenvalue weighted by Gasteiger charge is -2.12. The van der Waals surface area contributed by atoms with E-state index >= 15 is 0 Å². The Balaban J connectivity index is 3.06. The lowest BCUT2D eigenvalue weighted by atomic mass is 10.3. The van der Waals surface area contributed by atoms with E-state index in [9.17, 15) is 4.39 Å². The van der Waals surface area contributed by atoms with Gasteiger partial charge in [0.05, 0.1) is 15.6 Å². The lowest BCUT2D eigenvalue weighted by Crippen LogP contribution is -2.06. The summed E-state index contributed by atoms with van der Waals surface area (Å²) in [4.78, 5) is 0. The van der Waals surface area contributed by atoms with E-state index < -0.39 is 0 Å². The Morgan fingerprint density at radius 3 is 2.54 bits per heavy atom. The van der Waals surface area contributed by atoms with Gasteiger partial charge in [-0.1, -0.05) is 11.6 Å². The third-order valence-corrected chi connectivity index (χ3v) is 2.19. The van der Waals surface area contributed by atoms with Gasteiger partial charge in [0.15, 0.2) is 5.75 Å². The Morgan fingerprint density at radius 2 is 2.08 bits per heavy atom. The van der Waals surface area contributed by atoms with Crippen molar-refractivity contribution in [1.82, 2.24) is 0 Å². The molecule has 0 aromatic heterocycles. The van der Waals surface area contributed by atoms with Gasteiger partial charge in [-0.3, -0.25) is 0 Å². The molecule has 1 nitrogen and oxygen atoms in total. The zero-order valence-electron chi connectivity index (χ0n) is 7.27. The fourth-order valence-corrected chi connectivity index (χ4v) is 1.77. The summed E-state index contributed by atoms with van der Waals surface area (Å²) in [6.07, 6.45) is 0.0132. The van der Waals surface area contributed by atoms with Crippen LogP contribution in [0.15, 0.2) is 16.6 Å². The van der Waals surface area contributed by atoms with Crippen LogP contribution in [0.3, 0.4) is 0 Å². The van der Waals surface area contributed by atoms with Crippen LogP contribution in [-0.2, 0) is 0 Å². The van der Waals surface area contributed by atoms with Gasteiger partial charge in [0.25, 0.3) is 0 Å². The molecular weight excluding hydrogens is 258 g/mol. The number of halogens is 3. The van der Waals surface area contributed by atoms with E-state index in [1.807, 2.05) is 13.8 Å². The largest absolute Gasteiger partial charge is 0.488 e. The van der Waals surface area contributed by atoms with E-state index in [0.29, 0.717) is 10.2 Å². The molecule has 1 rings (SSSR count). The Labute approximate surface area is 90.0 Å². The Kier molecular flexibility index (Phi) is 3.56. The molecule has 0 aliphatic carbocycles. The SMILES string of the molecule is CC(C)Oc1c(Cl)cc(F)cc1Br. The first kappa shape index (κ1) is 10.8. The molecule has 0 saturated carbocycles. The summed E-state index contributed by atoms with van der Waals surface area (Å²) in [5, 5.41) is 0.278. The third-order valence-electron chi connectivity index (χ3n) is 1.32. The van der Waals surface area contributed by atoms with E-state index in [-0.39, 0.29) is 16.9 Å². The molecule has 0 radical (unpaired) electrons. The summed E-state index contributed by atoms with van der Waals surface area (Å²) in [7, 11) is 0. The maximum atomic E-state index is 12.8. The van der Waals surface area contributed by atoms with Crippen molar-refractivity contribution in [2.75, 3.05) is 0 Å². The average Bonchev–Trinajstić information content (AvgIpc) is 1.96.